The van der Waals surface area contributed by atoms with E-state index < -0.39 is 9.84 Å². The van der Waals surface area contributed by atoms with Crippen molar-refractivity contribution in [3.05, 3.63) is 12.2 Å². The van der Waals surface area contributed by atoms with Gasteiger partial charge in [0, 0.05) is 12.1 Å². The second-order valence-corrected chi connectivity index (χ2v) is 7.74. The SMILES string of the molecule is O=S1(=O)CCC(NC2CC3CC=CC32)CC1. The molecule has 0 amide bonds. The van der Waals surface area contributed by atoms with Crippen molar-refractivity contribution in [1.82, 2.24) is 5.32 Å². The molecule has 0 aromatic heterocycles. The standard InChI is InChI=1S/C12H19NO2S/c14-16(15)6-4-10(5-7-16)13-12-8-9-2-1-3-11(9)12/h1,3,9-13H,2,4-8H2. The Morgan fingerprint density at radius 3 is 2.62 bits per heavy atom. The monoisotopic (exact) mass is 241 g/mol. The van der Waals surface area contributed by atoms with Gasteiger partial charge in [0.15, 0.2) is 0 Å². The second kappa shape index (κ2) is 3.84. The lowest BCUT2D eigenvalue weighted by Crippen LogP contribution is -2.53. The van der Waals surface area contributed by atoms with Crippen LogP contribution in [0, 0.1) is 11.8 Å². The molecule has 2 fully saturated rings. The van der Waals surface area contributed by atoms with Crippen molar-refractivity contribution in [2.24, 2.45) is 11.8 Å². The van der Waals surface area contributed by atoms with Gasteiger partial charge in [0.25, 0.3) is 0 Å². The first-order chi connectivity index (χ1) is 7.64. The Morgan fingerprint density at radius 2 is 1.94 bits per heavy atom. The summed E-state index contributed by atoms with van der Waals surface area (Å²) in [6.45, 7) is 0. The van der Waals surface area contributed by atoms with Gasteiger partial charge in [-0.05, 0) is 37.5 Å². The molecule has 1 aliphatic heterocycles. The van der Waals surface area contributed by atoms with E-state index >= 15 is 0 Å². The number of fused-ring (bicyclic) bond motifs is 1. The van der Waals surface area contributed by atoms with E-state index in [0.29, 0.717) is 23.6 Å². The fourth-order valence-electron chi connectivity index (χ4n) is 3.27. The summed E-state index contributed by atoms with van der Waals surface area (Å²) < 4.78 is 22.6. The first-order valence-electron chi connectivity index (χ1n) is 6.27. The van der Waals surface area contributed by atoms with E-state index in [1.54, 1.807) is 0 Å². The smallest absolute Gasteiger partial charge is 0.150 e. The summed E-state index contributed by atoms with van der Waals surface area (Å²) in [5, 5.41) is 3.65. The summed E-state index contributed by atoms with van der Waals surface area (Å²) in [7, 11) is -2.71. The summed E-state index contributed by atoms with van der Waals surface area (Å²) in [5.41, 5.74) is 0. The van der Waals surface area contributed by atoms with E-state index in [0.717, 1.165) is 24.7 Å². The second-order valence-electron chi connectivity index (χ2n) is 5.44. The Hall–Kier alpha value is -0.350. The molecule has 3 aliphatic rings. The van der Waals surface area contributed by atoms with Gasteiger partial charge >= 0.3 is 0 Å². The van der Waals surface area contributed by atoms with Crippen LogP contribution in [-0.4, -0.2) is 32.0 Å². The number of nitrogens with one attached hydrogen (secondary N) is 1. The molecule has 0 radical (unpaired) electrons. The lowest BCUT2D eigenvalue weighted by atomic mass is 9.71. The average Bonchev–Trinajstić information content (AvgIpc) is 2.58. The topological polar surface area (TPSA) is 46.2 Å². The lowest BCUT2D eigenvalue weighted by Gasteiger charge is -2.43. The highest BCUT2D eigenvalue weighted by Gasteiger charge is 2.42. The molecule has 0 spiro atoms. The zero-order valence-corrected chi connectivity index (χ0v) is 10.2. The summed E-state index contributed by atoms with van der Waals surface area (Å²) in [6, 6.07) is 1.05. The van der Waals surface area contributed by atoms with Crippen LogP contribution in [0.3, 0.4) is 0 Å². The van der Waals surface area contributed by atoms with Crippen molar-refractivity contribution in [2.75, 3.05) is 11.5 Å². The number of allylic oxidation sites excluding steroid dienone is 1. The molecule has 16 heavy (non-hydrogen) atoms. The number of hydrogen-bond donors (Lipinski definition) is 1. The highest BCUT2D eigenvalue weighted by molar-refractivity contribution is 7.91. The first kappa shape index (κ1) is 10.8. The van der Waals surface area contributed by atoms with Gasteiger partial charge in [-0.1, -0.05) is 12.2 Å². The fourth-order valence-corrected chi connectivity index (χ4v) is 4.76. The van der Waals surface area contributed by atoms with Crippen LogP contribution in [-0.2, 0) is 9.84 Å². The van der Waals surface area contributed by atoms with E-state index in [4.69, 9.17) is 0 Å². The Labute approximate surface area is 97.2 Å². The Morgan fingerprint density at radius 1 is 1.19 bits per heavy atom. The minimum Gasteiger partial charge on any atom is -0.311 e. The van der Waals surface area contributed by atoms with Gasteiger partial charge in [-0.15, -0.1) is 0 Å². The zero-order chi connectivity index (χ0) is 11.2. The van der Waals surface area contributed by atoms with Gasteiger partial charge in [-0.2, -0.15) is 0 Å². The van der Waals surface area contributed by atoms with Crippen molar-refractivity contribution in [3.63, 3.8) is 0 Å². The van der Waals surface area contributed by atoms with Crippen molar-refractivity contribution in [1.29, 1.82) is 0 Å². The predicted molar refractivity (Wildman–Crippen MR) is 64.0 cm³/mol. The van der Waals surface area contributed by atoms with Crippen molar-refractivity contribution in [2.45, 2.75) is 37.8 Å². The van der Waals surface area contributed by atoms with Crippen molar-refractivity contribution < 1.29 is 8.42 Å². The van der Waals surface area contributed by atoms with E-state index in [2.05, 4.69) is 17.5 Å². The third-order valence-corrected chi connectivity index (χ3v) is 6.08. The molecule has 1 heterocycles. The zero-order valence-electron chi connectivity index (χ0n) is 9.43. The molecule has 2 aliphatic carbocycles. The number of rotatable bonds is 2. The predicted octanol–water partition coefficient (Wildman–Crippen LogP) is 1.12. The fraction of sp³-hybridized carbons (Fsp3) is 0.833. The van der Waals surface area contributed by atoms with E-state index in [-0.39, 0.29) is 0 Å². The maximum Gasteiger partial charge on any atom is 0.150 e. The Balaban J connectivity index is 1.51. The molecule has 3 rings (SSSR count). The van der Waals surface area contributed by atoms with E-state index in [1.807, 2.05) is 0 Å². The molecule has 0 aromatic rings. The van der Waals surface area contributed by atoms with Gasteiger partial charge in [-0.3, -0.25) is 0 Å². The summed E-state index contributed by atoms with van der Waals surface area (Å²) in [6.07, 6.45) is 8.77. The molecule has 1 N–H and O–H groups in total. The molecule has 1 saturated heterocycles. The Kier molecular flexibility index (Phi) is 2.59. The van der Waals surface area contributed by atoms with Crippen LogP contribution < -0.4 is 5.32 Å². The molecular weight excluding hydrogens is 222 g/mol. The number of hydrogen-bond acceptors (Lipinski definition) is 3. The molecular formula is C12H19NO2S. The third kappa shape index (κ3) is 1.93. The minimum absolute atomic E-state index is 0.376. The summed E-state index contributed by atoms with van der Waals surface area (Å²) in [4.78, 5) is 0. The van der Waals surface area contributed by atoms with Crippen molar-refractivity contribution >= 4 is 9.84 Å². The van der Waals surface area contributed by atoms with Gasteiger partial charge in [-0.25, -0.2) is 8.42 Å². The molecule has 4 heteroatoms. The van der Waals surface area contributed by atoms with Crippen LogP contribution in [0.5, 0.6) is 0 Å². The van der Waals surface area contributed by atoms with Crippen LogP contribution in [0.15, 0.2) is 12.2 Å². The third-order valence-electron chi connectivity index (χ3n) is 4.37. The normalized spacial score (nSPS) is 41.6. The number of sulfone groups is 1. The van der Waals surface area contributed by atoms with Gasteiger partial charge < -0.3 is 5.32 Å². The summed E-state index contributed by atoms with van der Waals surface area (Å²) in [5.74, 6) is 2.37. The Bertz CT molecular complexity index is 387. The van der Waals surface area contributed by atoms with Crippen LogP contribution in [0.4, 0.5) is 0 Å². The lowest BCUT2D eigenvalue weighted by molar-refractivity contribution is 0.147. The van der Waals surface area contributed by atoms with Crippen LogP contribution >= 0.6 is 0 Å². The molecule has 3 atom stereocenters. The highest BCUT2D eigenvalue weighted by Crippen LogP contribution is 2.43. The minimum atomic E-state index is -2.71. The van der Waals surface area contributed by atoms with Gasteiger partial charge in [0.1, 0.15) is 9.84 Å². The van der Waals surface area contributed by atoms with E-state index in [1.165, 1.54) is 12.8 Å². The average molecular weight is 241 g/mol. The molecule has 1 saturated carbocycles. The van der Waals surface area contributed by atoms with Gasteiger partial charge in [0.05, 0.1) is 11.5 Å². The van der Waals surface area contributed by atoms with Crippen LogP contribution in [0.2, 0.25) is 0 Å². The molecule has 0 bridgehead atoms. The van der Waals surface area contributed by atoms with Crippen LogP contribution in [0.25, 0.3) is 0 Å². The first-order valence-corrected chi connectivity index (χ1v) is 8.09. The maximum atomic E-state index is 11.3. The molecule has 0 aromatic carbocycles. The quantitative estimate of drug-likeness (QED) is 0.737. The largest absolute Gasteiger partial charge is 0.311 e. The van der Waals surface area contributed by atoms with E-state index in [9.17, 15) is 8.42 Å². The molecule has 90 valence electrons. The summed E-state index contributed by atoms with van der Waals surface area (Å²) >= 11 is 0. The van der Waals surface area contributed by atoms with Crippen LogP contribution in [0.1, 0.15) is 25.7 Å². The maximum absolute atomic E-state index is 11.3. The molecule has 3 unspecified atom stereocenters. The van der Waals surface area contributed by atoms with Crippen molar-refractivity contribution in [3.8, 4) is 0 Å². The van der Waals surface area contributed by atoms with Gasteiger partial charge in [0.2, 0.25) is 0 Å². The molecule has 3 nitrogen and oxygen atoms in total. The highest BCUT2D eigenvalue weighted by atomic mass is 32.2.